The van der Waals surface area contributed by atoms with Crippen LogP contribution in [-0.2, 0) is 9.53 Å². The number of hydrogen-bond donors (Lipinski definition) is 0. The lowest BCUT2D eigenvalue weighted by atomic mass is 9.82. The van der Waals surface area contributed by atoms with E-state index in [-0.39, 0.29) is 5.60 Å². The molecule has 0 aromatic carbocycles. The van der Waals surface area contributed by atoms with E-state index in [1.165, 1.54) is 18.4 Å². The zero-order valence-corrected chi connectivity index (χ0v) is 12.4. The summed E-state index contributed by atoms with van der Waals surface area (Å²) in [5.41, 5.74) is 2.39. The van der Waals surface area contributed by atoms with Crippen molar-refractivity contribution >= 4 is 5.78 Å². The van der Waals surface area contributed by atoms with E-state index in [0.717, 1.165) is 18.4 Å². The van der Waals surface area contributed by atoms with Crippen molar-refractivity contribution in [3.05, 3.63) is 11.1 Å². The molecule has 0 heterocycles. The number of methoxy groups -OCH3 is 1. The van der Waals surface area contributed by atoms with Crippen LogP contribution in [0.3, 0.4) is 0 Å². The number of allylic oxidation sites excluding steroid dienone is 2. The number of carbonyl (C=O) groups is 1. The lowest BCUT2D eigenvalue weighted by molar-refractivity contribution is -0.115. The lowest BCUT2D eigenvalue weighted by Crippen LogP contribution is -2.33. The molecule has 1 saturated carbocycles. The summed E-state index contributed by atoms with van der Waals surface area (Å²) in [5.74, 6) is 2.05. The van der Waals surface area contributed by atoms with E-state index in [1.807, 2.05) is 6.92 Å². The number of hydrogen-bond acceptors (Lipinski definition) is 2. The Hall–Kier alpha value is -0.630. The highest BCUT2D eigenvalue weighted by atomic mass is 16.5. The summed E-state index contributed by atoms with van der Waals surface area (Å²) in [7, 11) is 1.80. The molecule has 0 amide bonds. The summed E-state index contributed by atoms with van der Waals surface area (Å²) in [5, 5.41) is 0. The Morgan fingerprint density at radius 2 is 1.89 bits per heavy atom. The first-order valence-corrected chi connectivity index (χ1v) is 7.14. The van der Waals surface area contributed by atoms with Gasteiger partial charge in [0.15, 0.2) is 5.78 Å². The Kier molecular flexibility index (Phi) is 3.68. The lowest BCUT2D eigenvalue weighted by Gasteiger charge is -2.33. The van der Waals surface area contributed by atoms with E-state index in [0.29, 0.717) is 23.5 Å². The largest absolute Gasteiger partial charge is 0.379 e. The van der Waals surface area contributed by atoms with Crippen LogP contribution in [0.25, 0.3) is 0 Å². The fourth-order valence-electron chi connectivity index (χ4n) is 3.58. The molecule has 2 aliphatic carbocycles. The number of Topliss-reactive ketones (excluding diaryl/α,β-unsaturated/α-hetero) is 1. The van der Waals surface area contributed by atoms with E-state index in [9.17, 15) is 4.79 Å². The highest BCUT2D eigenvalue weighted by Gasteiger charge is 2.40. The molecule has 0 N–H and O–H groups in total. The van der Waals surface area contributed by atoms with Crippen LogP contribution in [-0.4, -0.2) is 18.5 Å². The Bertz CT molecular complexity index is 379. The molecule has 102 valence electrons. The molecule has 0 saturated heterocycles. The monoisotopic (exact) mass is 250 g/mol. The molecule has 0 aliphatic heterocycles. The van der Waals surface area contributed by atoms with Crippen molar-refractivity contribution in [1.82, 2.24) is 0 Å². The molecule has 3 atom stereocenters. The Morgan fingerprint density at radius 3 is 2.50 bits per heavy atom. The summed E-state index contributed by atoms with van der Waals surface area (Å²) < 4.78 is 5.67. The summed E-state index contributed by atoms with van der Waals surface area (Å²) in [6.45, 7) is 8.68. The van der Waals surface area contributed by atoms with E-state index < -0.39 is 0 Å². The molecule has 0 spiro atoms. The molecule has 2 heteroatoms. The van der Waals surface area contributed by atoms with Crippen molar-refractivity contribution in [3.8, 4) is 0 Å². The third-order valence-electron chi connectivity index (χ3n) is 5.39. The zero-order chi connectivity index (χ0) is 13.5. The standard InChI is InChI=1S/C16H26O2/c1-10-6-7-12(16(3,4)18-5)8-14-11(2)15(17)9-13(10)14/h10,12-13H,6-9H2,1-5H3/t10-,12+,13-/m0/s1. The van der Waals surface area contributed by atoms with Crippen molar-refractivity contribution in [2.75, 3.05) is 7.11 Å². The SMILES string of the molecule is COC(C)(C)[C@@H]1CC[C@H](C)[C@@H]2CC(=O)C(C)=C2C1. The minimum Gasteiger partial charge on any atom is -0.379 e. The highest BCUT2D eigenvalue weighted by Crippen LogP contribution is 2.46. The van der Waals surface area contributed by atoms with Gasteiger partial charge in [0, 0.05) is 13.5 Å². The minimum absolute atomic E-state index is 0.0898. The molecule has 2 nitrogen and oxygen atoms in total. The van der Waals surface area contributed by atoms with Crippen molar-refractivity contribution in [3.63, 3.8) is 0 Å². The van der Waals surface area contributed by atoms with Crippen molar-refractivity contribution < 1.29 is 9.53 Å². The topological polar surface area (TPSA) is 26.3 Å². The average molecular weight is 250 g/mol. The number of fused-ring (bicyclic) bond motifs is 1. The van der Waals surface area contributed by atoms with Crippen LogP contribution in [0.4, 0.5) is 0 Å². The van der Waals surface area contributed by atoms with Crippen LogP contribution in [0, 0.1) is 17.8 Å². The van der Waals surface area contributed by atoms with Gasteiger partial charge in [0.2, 0.25) is 0 Å². The molecule has 2 aliphatic rings. The second kappa shape index (κ2) is 4.80. The van der Waals surface area contributed by atoms with Crippen LogP contribution < -0.4 is 0 Å². The predicted octanol–water partition coefficient (Wildman–Crippen LogP) is 3.75. The molecule has 0 radical (unpaired) electrons. The average Bonchev–Trinajstić information content (AvgIpc) is 2.50. The van der Waals surface area contributed by atoms with Gasteiger partial charge in [-0.1, -0.05) is 12.5 Å². The quantitative estimate of drug-likeness (QED) is 0.746. The number of ketones is 1. The molecule has 2 rings (SSSR count). The first-order chi connectivity index (χ1) is 8.36. The smallest absolute Gasteiger partial charge is 0.159 e. The van der Waals surface area contributed by atoms with E-state index >= 15 is 0 Å². The molecule has 1 fully saturated rings. The molecular formula is C16H26O2. The third kappa shape index (κ3) is 2.27. The first kappa shape index (κ1) is 13.8. The maximum absolute atomic E-state index is 11.9. The van der Waals surface area contributed by atoms with Crippen LogP contribution in [0.5, 0.6) is 0 Å². The molecule has 0 aromatic rings. The van der Waals surface area contributed by atoms with E-state index in [1.54, 1.807) is 7.11 Å². The van der Waals surface area contributed by atoms with Gasteiger partial charge >= 0.3 is 0 Å². The van der Waals surface area contributed by atoms with Gasteiger partial charge in [0.25, 0.3) is 0 Å². The van der Waals surface area contributed by atoms with Gasteiger partial charge in [-0.05, 0) is 63.4 Å². The Labute approximate surface area is 111 Å². The molecule has 0 aromatic heterocycles. The maximum atomic E-state index is 11.9. The van der Waals surface area contributed by atoms with E-state index in [4.69, 9.17) is 4.74 Å². The molecule has 0 unspecified atom stereocenters. The molecule has 0 bridgehead atoms. The van der Waals surface area contributed by atoms with Gasteiger partial charge in [-0.25, -0.2) is 0 Å². The zero-order valence-electron chi connectivity index (χ0n) is 12.4. The normalized spacial score (nSPS) is 33.6. The highest BCUT2D eigenvalue weighted by molar-refractivity contribution is 5.98. The Morgan fingerprint density at radius 1 is 1.22 bits per heavy atom. The van der Waals surface area contributed by atoms with Crippen molar-refractivity contribution in [2.24, 2.45) is 17.8 Å². The third-order valence-corrected chi connectivity index (χ3v) is 5.39. The van der Waals surface area contributed by atoms with Gasteiger partial charge in [-0.15, -0.1) is 0 Å². The minimum atomic E-state index is -0.0898. The summed E-state index contributed by atoms with van der Waals surface area (Å²) in [6.07, 6.45) is 4.23. The molecular weight excluding hydrogens is 224 g/mol. The Balaban J connectivity index is 2.29. The molecule has 18 heavy (non-hydrogen) atoms. The van der Waals surface area contributed by atoms with Gasteiger partial charge in [-0.3, -0.25) is 4.79 Å². The first-order valence-electron chi connectivity index (χ1n) is 7.14. The fourth-order valence-corrected chi connectivity index (χ4v) is 3.58. The van der Waals surface area contributed by atoms with Gasteiger partial charge in [0.05, 0.1) is 5.60 Å². The maximum Gasteiger partial charge on any atom is 0.159 e. The second-order valence-electron chi connectivity index (χ2n) is 6.65. The van der Waals surface area contributed by atoms with Gasteiger partial charge in [0.1, 0.15) is 0 Å². The number of ether oxygens (including phenoxy) is 1. The number of rotatable bonds is 2. The van der Waals surface area contributed by atoms with Gasteiger partial charge < -0.3 is 4.74 Å². The summed E-state index contributed by atoms with van der Waals surface area (Å²) in [6, 6.07) is 0. The summed E-state index contributed by atoms with van der Waals surface area (Å²) in [4.78, 5) is 11.9. The van der Waals surface area contributed by atoms with E-state index in [2.05, 4.69) is 20.8 Å². The van der Waals surface area contributed by atoms with Gasteiger partial charge in [-0.2, -0.15) is 0 Å². The number of carbonyl (C=O) groups excluding carboxylic acids is 1. The van der Waals surface area contributed by atoms with Crippen molar-refractivity contribution in [2.45, 2.75) is 59.0 Å². The summed E-state index contributed by atoms with van der Waals surface area (Å²) >= 11 is 0. The second-order valence-corrected chi connectivity index (χ2v) is 6.65. The van der Waals surface area contributed by atoms with Crippen LogP contribution >= 0.6 is 0 Å². The predicted molar refractivity (Wildman–Crippen MR) is 73.4 cm³/mol. The van der Waals surface area contributed by atoms with Crippen LogP contribution in [0.15, 0.2) is 11.1 Å². The van der Waals surface area contributed by atoms with Crippen LogP contribution in [0.2, 0.25) is 0 Å². The van der Waals surface area contributed by atoms with Crippen molar-refractivity contribution in [1.29, 1.82) is 0 Å². The fraction of sp³-hybridized carbons (Fsp3) is 0.812. The van der Waals surface area contributed by atoms with Crippen LogP contribution in [0.1, 0.15) is 53.4 Å².